The predicted molar refractivity (Wildman–Crippen MR) is 74.7 cm³/mol. The van der Waals surface area contributed by atoms with Crippen LogP contribution < -0.4 is 4.74 Å². The zero-order valence-electron chi connectivity index (χ0n) is 11.3. The van der Waals surface area contributed by atoms with Gasteiger partial charge in [0.25, 0.3) is 5.91 Å². The van der Waals surface area contributed by atoms with E-state index in [2.05, 4.69) is 4.98 Å². The van der Waals surface area contributed by atoms with E-state index in [9.17, 15) is 4.79 Å². The zero-order valence-corrected chi connectivity index (χ0v) is 11.3. The minimum absolute atomic E-state index is 0.116. The molecule has 0 saturated carbocycles. The van der Waals surface area contributed by atoms with Crippen LogP contribution in [-0.2, 0) is 0 Å². The molecule has 0 atom stereocenters. The van der Waals surface area contributed by atoms with Gasteiger partial charge in [-0.25, -0.2) is 0 Å². The zero-order chi connectivity index (χ0) is 13.4. The Labute approximate surface area is 112 Å². The van der Waals surface area contributed by atoms with E-state index in [1.807, 2.05) is 30.0 Å². The maximum absolute atomic E-state index is 12.5. The fraction of sp³-hybridized carbons (Fsp3) is 0.400. The summed E-state index contributed by atoms with van der Waals surface area (Å²) >= 11 is 0. The molecule has 4 heteroatoms. The van der Waals surface area contributed by atoms with Gasteiger partial charge in [0, 0.05) is 30.1 Å². The van der Waals surface area contributed by atoms with Gasteiger partial charge >= 0.3 is 0 Å². The van der Waals surface area contributed by atoms with Crippen molar-refractivity contribution in [3.05, 3.63) is 29.5 Å². The van der Waals surface area contributed by atoms with E-state index in [-0.39, 0.29) is 5.91 Å². The highest BCUT2D eigenvalue weighted by atomic mass is 16.5. The van der Waals surface area contributed by atoms with Crippen molar-refractivity contribution in [1.82, 2.24) is 9.88 Å². The number of benzene rings is 1. The molecule has 1 aliphatic rings. The number of nitrogens with zero attached hydrogens (tertiary/aromatic N) is 1. The van der Waals surface area contributed by atoms with Crippen molar-refractivity contribution >= 4 is 16.8 Å². The molecule has 0 unspecified atom stereocenters. The summed E-state index contributed by atoms with van der Waals surface area (Å²) in [7, 11) is 1.65. The van der Waals surface area contributed by atoms with Crippen LogP contribution in [0, 0.1) is 6.92 Å². The Balaban J connectivity index is 2.03. The van der Waals surface area contributed by atoms with Crippen LogP contribution in [0.15, 0.2) is 18.2 Å². The number of carbonyl (C=O) groups is 1. The maximum Gasteiger partial charge on any atom is 0.270 e. The third-order valence-corrected chi connectivity index (χ3v) is 3.87. The molecule has 0 radical (unpaired) electrons. The molecule has 2 aromatic rings. The minimum Gasteiger partial charge on any atom is -0.497 e. The molecule has 2 heterocycles. The van der Waals surface area contributed by atoms with Crippen LogP contribution in [-0.4, -0.2) is 36.0 Å². The smallest absolute Gasteiger partial charge is 0.270 e. The van der Waals surface area contributed by atoms with E-state index in [0.29, 0.717) is 5.69 Å². The lowest BCUT2D eigenvalue weighted by Crippen LogP contribution is -2.28. The number of ether oxygens (including phenoxy) is 1. The molecule has 4 nitrogen and oxygen atoms in total. The van der Waals surface area contributed by atoms with E-state index in [4.69, 9.17) is 4.74 Å². The average molecular weight is 258 g/mol. The molecule has 0 aliphatic carbocycles. The summed E-state index contributed by atoms with van der Waals surface area (Å²) in [6.07, 6.45) is 2.22. The molecule has 1 fully saturated rings. The van der Waals surface area contributed by atoms with E-state index in [0.717, 1.165) is 48.1 Å². The molecule has 1 aromatic heterocycles. The number of aryl methyl sites for hydroxylation is 1. The highest BCUT2D eigenvalue weighted by molar-refractivity contribution is 6.01. The topological polar surface area (TPSA) is 45.3 Å². The molecule has 19 heavy (non-hydrogen) atoms. The summed E-state index contributed by atoms with van der Waals surface area (Å²) in [5.41, 5.74) is 2.69. The molecule has 0 bridgehead atoms. The number of rotatable bonds is 2. The predicted octanol–water partition coefficient (Wildman–Crippen LogP) is 2.72. The SMILES string of the molecule is COc1ccc2c(C)c(C(=O)N3CCCC3)[nH]c2c1. The molecule has 0 spiro atoms. The van der Waals surface area contributed by atoms with Gasteiger partial charge < -0.3 is 14.6 Å². The van der Waals surface area contributed by atoms with Gasteiger partial charge in [0.2, 0.25) is 0 Å². The minimum atomic E-state index is 0.116. The number of aromatic amines is 1. The van der Waals surface area contributed by atoms with Crippen LogP contribution in [0.3, 0.4) is 0 Å². The van der Waals surface area contributed by atoms with Crippen molar-refractivity contribution in [2.24, 2.45) is 0 Å². The molecule has 1 saturated heterocycles. The second-order valence-electron chi connectivity index (χ2n) is 5.04. The monoisotopic (exact) mass is 258 g/mol. The summed E-state index contributed by atoms with van der Waals surface area (Å²) in [6.45, 7) is 3.74. The normalized spacial score (nSPS) is 15.2. The quantitative estimate of drug-likeness (QED) is 0.900. The van der Waals surface area contributed by atoms with E-state index in [1.165, 1.54) is 0 Å². The van der Waals surface area contributed by atoms with Crippen LogP contribution in [0.1, 0.15) is 28.9 Å². The Bertz CT molecular complexity index is 624. The van der Waals surface area contributed by atoms with Crippen molar-refractivity contribution in [3.8, 4) is 5.75 Å². The second-order valence-corrected chi connectivity index (χ2v) is 5.04. The first-order chi connectivity index (χ1) is 9.20. The molecule has 1 N–H and O–H groups in total. The first-order valence-corrected chi connectivity index (χ1v) is 6.66. The van der Waals surface area contributed by atoms with Gasteiger partial charge in [0.15, 0.2) is 0 Å². The van der Waals surface area contributed by atoms with Gasteiger partial charge in [-0.15, -0.1) is 0 Å². The number of hydrogen-bond acceptors (Lipinski definition) is 2. The Morgan fingerprint density at radius 1 is 1.32 bits per heavy atom. The molecule has 1 aromatic carbocycles. The second kappa shape index (κ2) is 4.61. The maximum atomic E-state index is 12.5. The van der Waals surface area contributed by atoms with Gasteiger partial charge in [-0.05, 0) is 37.5 Å². The molecule has 1 aliphatic heterocycles. The lowest BCUT2D eigenvalue weighted by molar-refractivity contribution is 0.0787. The number of carbonyl (C=O) groups excluding carboxylic acids is 1. The lowest BCUT2D eigenvalue weighted by atomic mass is 10.1. The average Bonchev–Trinajstić information content (AvgIpc) is 3.06. The third-order valence-electron chi connectivity index (χ3n) is 3.87. The van der Waals surface area contributed by atoms with E-state index in [1.54, 1.807) is 7.11 Å². The molecular formula is C15H18N2O2. The number of likely N-dealkylation sites (tertiary alicyclic amines) is 1. The van der Waals surface area contributed by atoms with Crippen LogP contribution in [0.2, 0.25) is 0 Å². The number of fused-ring (bicyclic) bond motifs is 1. The highest BCUT2D eigenvalue weighted by Crippen LogP contribution is 2.27. The summed E-state index contributed by atoms with van der Waals surface area (Å²) in [6, 6.07) is 5.86. The third kappa shape index (κ3) is 1.97. The number of hydrogen-bond donors (Lipinski definition) is 1. The van der Waals surface area contributed by atoms with Gasteiger partial charge in [-0.2, -0.15) is 0 Å². The van der Waals surface area contributed by atoms with Crippen molar-refractivity contribution in [3.63, 3.8) is 0 Å². The van der Waals surface area contributed by atoms with E-state index < -0.39 is 0 Å². The van der Waals surface area contributed by atoms with Crippen LogP contribution >= 0.6 is 0 Å². The Hall–Kier alpha value is -1.97. The molecule has 1 amide bonds. The lowest BCUT2D eigenvalue weighted by Gasteiger charge is -2.14. The first kappa shape index (κ1) is 12.1. The summed E-state index contributed by atoms with van der Waals surface area (Å²) in [4.78, 5) is 17.6. The van der Waals surface area contributed by atoms with Gasteiger partial charge in [-0.1, -0.05) is 0 Å². The number of aromatic nitrogens is 1. The summed E-state index contributed by atoms with van der Waals surface area (Å²) in [5, 5.41) is 1.09. The van der Waals surface area contributed by atoms with Crippen LogP contribution in [0.25, 0.3) is 10.9 Å². The molecular weight excluding hydrogens is 240 g/mol. The molecule has 3 rings (SSSR count). The van der Waals surface area contributed by atoms with Crippen molar-refractivity contribution in [2.45, 2.75) is 19.8 Å². The van der Waals surface area contributed by atoms with E-state index >= 15 is 0 Å². The standard InChI is InChI=1S/C15H18N2O2/c1-10-12-6-5-11(19-2)9-13(12)16-14(10)15(18)17-7-3-4-8-17/h5-6,9,16H,3-4,7-8H2,1-2H3. The largest absolute Gasteiger partial charge is 0.497 e. The van der Waals surface area contributed by atoms with Crippen molar-refractivity contribution in [1.29, 1.82) is 0 Å². The van der Waals surface area contributed by atoms with Crippen LogP contribution in [0.4, 0.5) is 0 Å². The Morgan fingerprint density at radius 3 is 2.74 bits per heavy atom. The van der Waals surface area contributed by atoms with Gasteiger partial charge in [-0.3, -0.25) is 4.79 Å². The fourth-order valence-electron chi connectivity index (χ4n) is 2.74. The van der Waals surface area contributed by atoms with Crippen LogP contribution in [0.5, 0.6) is 5.75 Å². The summed E-state index contributed by atoms with van der Waals surface area (Å²) < 4.78 is 5.22. The number of H-pyrrole nitrogens is 1. The fourth-order valence-corrected chi connectivity index (χ4v) is 2.74. The number of amides is 1. The number of methoxy groups -OCH3 is 1. The summed E-state index contributed by atoms with van der Waals surface area (Å²) in [5.74, 6) is 0.916. The highest BCUT2D eigenvalue weighted by Gasteiger charge is 2.23. The van der Waals surface area contributed by atoms with Crippen molar-refractivity contribution < 1.29 is 9.53 Å². The number of nitrogens with one attached hydrogen (secondary N) is 1. The molecule has 100 valence electrons. The Morgan fingerprint density at radius 2 is 2.05 bits per heavy atom. The van der Waals surface area contributed by atoms with Crippen molar-refractivity contribution in [2.75, 3.05) is 20.2 Å². The van der Waals surface area contributed by atoms with Gasteiger partial charge in [0.05, 0.1) is 7.11 Å². The van der Waals surface area contributed by atoms with Gasteiger partial charge in [0.1, 0.15) is 11.4 Å². The first-order valence-electron chi connectivity index (χ1n) is 6.66. The Kier molecular flexibility index (Phi) is 2.93.